The van der Waals surface area contributed by atoms with Crippen LogP contribution in [0.15, 0.2) is 53.4 Å². The van der Waals surface area contributed by atoms with Crippen LogP contribution in [-0.4, -0.2) is 39.2 Å². The Bertz CT molecular complexity index is 1220. The Morgan fingerprint density at radius 1 is 1.06 bits per heavy atom. The van der Waals surface area contributed by atoms with Gasteiger partial charge in [-0.3, -0.25) is 14.0 Å². The van der Waals surface area contributed by atoms with Gasteiger partial charge >= 0.3 is 0 Å². The summed E-state index contributed by atoms with van der Waals surface area (Å²) in [7, 11) is 0. The zero-order valence-electron chi connectivity index (χ0n) is 16.5. The molecule has 6 nitrogen and oxygen atoms in total. The zero-order chi connectivity index (χ0) is 21.4. The summed E-state index contributed by atoms with van der Waals surface area (Å²) in [5.41, 5.74) is 1.36. The minimum absolute atomic E-state index is 0.0308. The van der Waals surface area contributed by atoms with Crippen LogP contribution in [0.4, 0.5) is 10.2 Å². The van der Waals surface area contributed by atoms with Gasteiger partial charge in [0.25, 0.3) is 5.91 Å². The number of likely N-dealkylation sites (tertiary alicyclic amines) is 1. The van der Waals surface area contributed by atoms with E-state index in [9.17, 15) is 14.0 Å². The van der Waals surface area contributed by atoms with E-state index in [1.807, 2.05) is 38.4 Å². The van der Waals surface area contributed by atoms with Crippen molar-refractivity contribution in [2.75, 3.05) is 18.4 Å². The second kappa shape index (κ2) is 8.24. The number of benzene rings is 1. The topological polar surface area (TPSA) is 66.7 Å². The largest absolute Gasteiger partial charge is 0.338 e. The number of halogens is 1. The second-order valence-corrected chi connectivity index (χ2v) is 9.23. The van der Waals surface area contributed by atoms with Crippen LogP contribution in [0, 0.1) is 11.7 Å². The lowest BCUT2D eigenvalue weighted by Crippen LogP contribution is -2.41. The maximum Gasteiger partial charge on any atom is 0.263 e. The average molecular weight is 455 g/mol. The number of thiophene rings is 1. The van der Waals surface area contributed by atoms with E-state index in [-0.39, 0.29) is 23.5 Å². The van der Waals surface area contributed by atoms with Crippen molar-refractivity contribution in [3.05, 3.63) is 64.0 Å². The summed E-state index contributed by atoms with van der Waals surface area (Å²) in [5.74, 6) is 0.0320. The number of aromatic nitrogens is 2. The van der Waals surface area contributed by atoms with Crippen LogP contribution in [-0.2, 0) is 4.79 Å². The Hall–Kier alpha value is -3.04. The van der Waals surface area contributed by atoms with Gasteiger partial charge in [-0.05, 0) is 48.6 Å². The number of nitrogens with zero attached hydrogens (tertiary/aromatic N) is 3. The molecule has 2 amide bonds. The van der Waals surface area contributed by atoms with E-state index < -0.39 is 0 Å². The summed E-state index contributed by atoms with van der Waals surface area (Å²) in [4.78, 5) is 33.5. The quantitative estimate of drug-likeness (QED) is 0.484. The third-order valence-electron chi connectivity index (χ3n) is 5.51. The third kappa shape index (κ3) is 3.86. The van der Waals surface area contributed by atoms with Crippen molar-refractivity contribution in [2.24, 2.45) is 5.92 Å². The molecule has 1 fully saturated rings. The number of carbonyl (C=O) groups excluding carboxylic acids is 2. The number of imidazole rings is 1. The fourth-order valence-corrected chi connectivity index (χ4v) is 5.24. The van der Waals surface area contributed by atoms with Gasteiger partial charge in [0.05, 0.1) is 4.88 Å². The number of hydrogen-bond donors (Lipinski definition) is 1. The van der Waals surface area contributed by atoms with Gasteiger partial charge in [0.15, 0.2) is 4.96 Å². The molecule has 0 unspecified atom stereocenters. The lowest BCUT2D eigenvalue weighted by molar-refractivity contribution is -0.121. The molecule has 9 heteroatoms. The molecule has 4 aromatic rings. The predicted molar refractivity (Wildman–Crippen MR) is 120 cm³/mol. The molecule has 1 saturated heterocycles. The molecule has 3 aromatic heterocycles. The molecule has 0 radical (unpaired) electrons. The minimum atomic E-state index is -0.320. The van der Waals surface area contributed by atoms with Crippen molar-refractivity contribution in [2.45, 2.75) is 12.8 Å². The molecular weight excluding hydrogens is 435 g/mol. The van der Waals surface area contributed by atoms with E-state index in [4.69, 9.17) is 0 Å². The van der Waals surface area contributed by atoms with Crippen molar-refractivity contribution in [3.8, 4) is 11.3 Å². The average Bonchev–Trinajstić information content (AvgIpc) is 3.53. The fraction of sp³-hybridized carbons (Fsp3) is 0.227. The number of thiazole rings is 1. The Kier molecular flexibility index (Phi) is 5.29. The Labute approximate surface area is 186 Å². The molecule has 4 heterocycles. The number of carbonyl (C=O) groups is 2. The summed E-state index contributed by atoms with van der Waals surface area (Å²) < 4.78 is 15.2. The van der Waals surface area contributed by atoms with E-state index in [2.05, 4.69) is 10.3 Å². The van der Waals surface area contributed by atoms with Crippen LogP contribution in [0.3, 0.4) is 0 Å². The molecule has 5 rings (SSSR count). The van der Waals surface area contributed by atoms with Crippen LogP contribution in [0.25, 0.3) is 16.2 Å². The molecule has 1 N–H and O–H groups in total. The molecule has 0 saturated carbocycles. The van der Waals surface area contributed by atoms with E-state index in [1.165, 1.54) is 34.8 Å². The SMILES string of the molecule is O=C(Nc1c(-c2ccc(F)cc2)nc2sccn12)C1CCN(C(=O)c2cccs2)CC1. The summed E-state index contributed by atoms with van der Waals surface area (Å²) >= 11 is 2.90. The van der Waals surface area contributed by atoms with Crippen molar-refractivity contribution >= 4 is 45.3 Å². The highest BCUT2D eigenvalue weighted by molar-refractivity contribution is 7.15. The molecule has 31 heavy (non-hydrogen) atoms. The van der Waals surface area contributed by atoms with E-state index in [0.29, 0.717) is 37.4 Å². The van der Waals surface area contributed by atoms with Gasteiger partial charge in [-0.15, -0.1) is 22.7 Å². The summed E-state index contributed by atoms with van der Waals surface area (Å²) in [5, 5.41) is 6.84. The molecule has 0 aliphatic carbocycles. The monoisotopic (exact) mass is 454 g/mol. The van der Waals surface area contributed by atoms with E-state index in [0.717, 1.165) is 15.4 Å². The van der Waals surface area contributed by atoms with Crippen molar-refractivity contribution in [3.63, 3.8) is 0 Å². The molecule has 1 aliphatic rings. The molecule has 1 aromatic carbocycles. The van der Waals surface area contributed by atoms with Gasteiger partial charge in [0.2, 0.25) is 5.91 Å². The molecular formula is C22H19FN4O2S2. The lowest BCUT2D eigenvalue weighted by atomic mass is 9.95. The summed E-state index contributed by atoms with van der Waals surface area (Å²) in [6.07, 6.45) is 3.08. The third-order valence-corrected chi connectivity index (χ3v) is 7.12. The number of fused-ring (bicyclic) bond motifs is 1. The lowest BCUT2D eigenvalue weighted by Gasteiger charge is -2.31. The smallest absolute Gasteiger partial charge is 0.263 e. The highest BCUT2D eigenvalue weighted by Gasteiger charge is 2.29. The number of nitrogens with one attached hydrogen (secondary N) is 1. The minimum Gasteiger partial charge on any atom is -0.338 e. The Balaban J connectivity index is 1.32. The molecule has 1 aliphatic heterocycles. The molecule has 158 valence electrons. The van der Waals surface area contributed by atoms with Gasteiger partial charge in [0, 0.05) is 36.1 Å². The Morgan fingerprint density at radius 3 is 2.55 bits per heavy atom. The first-order valence-electron chi connectivity index (χ1n) is 9.95. The van der Waals surface area contributed by atoms with Crippen LogP contribution < -0.4 is 5.32 Å². The van der Waals surface area contributed by atoms with Gasteiger partial charge in [-0.25, -0.2) is 9.37 Å². The van der Waals surface area contributed by atoms with Crippen molar-refractivity contribution in [1.29, 1.82) is 0 Å². The first-order chi connectivity index (χ1) is 15.1. The number of rotatable bonds is 4. The van der Waals surface area contributed by atoms with Gasteiger partial charge in [-0.1, -0.05) is 6.07 Å². The highest BCUT2D eigenvalue weighted by atomic mass is 32.1. The number of anilines is 1. The maximum atomic E-state index is 13.4. The predicted octanol–water partition coefficient (Wildman–Crippen LogP) is 4.75. The Morgan fingerprint density at radius 2 is 1.84 bits per heavy atom. The number of hydrogen-bond acceptors (Lipinski definition) is 5. The van der Waals surface area contributed by atoms with Gasteiger partial charge in [0.1, 0.15) is 17.3 Å². The second-order valence-electron chi connectivity index (χ2n) is 7.40. The van der Waals surface area contributed by atoms with E-state index >= 15 is 0 Å². The van der Waals surface area contributed by atoms with Gasteiger partial charge < -0.3 is 10.2 Å². The van der Waals surface area contributed by atoms with Crippen molar-refractivity contribution < 1.29 is 14.0 Å². The first-order valence-corrected chi connectivity index (χ1v) is 11.7. The zero-order valence-corrected chi connectivity index (χ0v) is 18.1. The van der Waals surface area contributed by atoms with Crippen LogP contribution >= 0.6 is 22.7 Å². The van der Waals surface area contributed by atoms with Gasteiger partial charge in [-0.2, -0.15) is 0 Å². The molecule has 0 atom stereocenters. The van der Waals surface area contributed by atoms with E-state index in [1.54, 1.807) is 12.1 Å². The standard InChI is InChI=1S/C22H19FN4O2S2/c23-16-5-3-14(4-6-16)18-19(27-11-13-31-22(27)24-18)25-20(28)15-7-9-26(10-8-15)21(29)17-2-1-12-30-17/h1-6,11-13,15H,7-10H2,(H,25,28). The summed E-state index contributed by atoms with van der Waals surface area (Å²) in [6.45, 7) is 1.11. The summed E-state index contributed by atoms with van der Waals surface area (Å²) in [6, 6.07) is 9.78. The van der Waals surface area contributed by atoms with Crippen LogP contribution in [0.2, 0.25) is 0 Å². The molecule has 0 bridgehead atoms. The van der Waals surface area contributed by atoms with Crippen molar-refractivity contribution in [1.82, 2.24) is 14.3 Å². The fourth-order valence-electron chi connectivity index (χ4n) is 3.83. The first kappa shape index (κ1) is 19.9. The van der Waals surface area contributed by atoms with Crippen LogP contribution in [0.1, 0.15) is 22.5 Å². The normalized spacial score (nSPS) is 14.8. The maximum absolute atomic E-state index is 13.4. The van der Waals surface area contributed by atoms with Crippen LogP contribution in [0.5, 0.6) is 0 Å². The highest BCUT2D eigenvalue weighted by Crippen LogP contribution is 2.32. The molecule has 0 spiro atoms. The number of amides is 2. The number of piperidine rings is 1.